The lowest BCUT2D eigenvalue weighted by Crippen LogP contribution is -2.24. The monoisotopic (exact) mass is 197 g/mol. The quantitative estimate of drug-likeness (QED) is 0.669. The van der Waals surface area contributed by atoms with Gasteiger partial charge in [-0.3, -0.25) is 0 Å². The molecule has 0 heterocycles. The summed E-state index contributed by atoms with van der Waals surface area (Å²) in [5.41, 5.74) is 6.11. The van der Waals surface area contributed by atoms with E-state index < -0.39 is 6.10 Å². The Morgan fingerprint density at radius 1 is 1.43 bits per heavy atom. The molecule has 0 aliphatic carbocycles. The molecular weight excluding hydrogens is 182 g/mol. The summed E-state index contributed by atoms with van der Waals surface area (Å²) in [4.78, 5) is 0. The minimum Gasteiger partial charge on any atom is -0.504 e. The first-order valence-electron chi connectivity index (χ1n) is 4.36. The summed E-state index contributed by atoms with van der Waals surface area (Å²) < 4.78 is 4.88. The van der Waals surface area contributed by atoms with Crippen LogP contribution >= 0.6 is 0 Å². The third-order valence-electron chi connectivity index (χ3n) is 2.04. The van der Waals surface area contributed by atoms with Crippen LogP contribution in [0, 0.1) is 0 Å². The number of phenols is 1. The van der Waals surface area contributed by atoms with Gasteiger partial charge in [0.25, 0.3) is 0 Å². The van der Waals surface area contributed by atoms with Gasteiger partial charge in [0.1, 0.15) is 0 Å². The van der Waals surface area contributed by atoms with Gasteiger partial charge in [0.2, 0.25) is 0 Å². The molecule has 4 nitrogen and oxygen atoms in total. The standard InChI is InChI=1S/C10H15NO3/c1-6(11)10(13)7-3-4-9(14-2)8(12)5-7/h3-6,10,12-13H,11H2,1-2H3/t6-,10-/m0/s1. The van der Waals surface area contributed by atoms with E-state index in [9.17, 15) is 10.2 Å². The normalized spacial score (nSPS) is 14.9. The first-order chi connectivity index (χ1) is 6.56. The van der Waals surface area contributed by atoms with E-state index >= 15 is 0 Å². The SMILES string of the molecule is COc1ccc([C@@H](O)[C@H](C)N)cc1O. The molecule has 4 N–H and O–H groups in total. The summed E-state index contributed by atoms with van der Waals surface area (Å²) in [6.07, 6.45) is -0.771. The van der Waals surface area contributed by atoms with E-state index in [0.717, 1.165) is 0 Å². The summed E-state index contributed by atoms with van der Waals surface area (Å²) in [6.45, 7) is 1.70. The fourth-order valence-electron chi connectivity index (χ4n) is 1.19. The highest BCUT2D eigenvalue weighted by Crippen LogP contribution is 2.29. The fourth-order valence-corrected chi connectivity index (χ4v) is 1.19. The fraction of sp³-hybridized carbons (Fsp3) is 0.400. The minimum atomic E-state index is -0.771. The van der Waals surface area contributed by atoms with Crippen molar-refractivity contribution in [2.45, 2.75) is 19.1 Å². The van der Waals surface area contributed by atoms with Crippen LogP contribution in [0.3, 0.4) is 0 Å². The van der Waals surface area contributed by atoms with Gasteiger partial charge >= 0.3 is 0 Å². The van der Waals surface area contributed by atoms with Crippen molar-refractivity contribution in [3.8, 4) is 11.5 Å². The second kappa shape index (κ2) is 4.30. The van der Waals surface area contributed by atoms with Gasteiger partial charge in [-0.2, -0.15) is 0 Å². The van der Waals surface area contributed by atoms with Crippen molar-refractivity contribution in [1.82, 2.24) is 0 Å². The Morgan fingerprint density at radius 2 is 2.07 bits per heavy atom. The highest BCUT2D eigenvalue weighted by molar-refractivity contribution is 5.42. The van der Waals surface area contributed by atoms with Crippen molar-refractivity contribution in [3.05, 3.63) is 23.8 Å². The van der Waals surface area contributed by atoms with E-state index in [1.54, 1.807) is 19.1 Å². The second-order valence-electron chi connectivity index (χ2n) is 3.24. The Balaban J connectivity index is 2.96. The molecule has 4 heteroatoms. The molecule has 1 aromatic carbocycles. The third kappa shape index (κ3) is 2.16. The van der Waals surface area contributed by atoms with E-state index in [1.807, 2.05) is 0 Å². The largest absolute Gasteiger partial charge is 0.504 e. The molecule has 0 saturated carbocycles. The van der Waals surface area contributed by atoms with E-state index in [1.165, 1.54) is 13.2 Å². The number of methoxy groups -OCH3 is 1. The van der Waals surface area contributed by atoms with E-state index in [-0.39, 0.29) is 11.8 Å². The zero-order valence-electron chi connectivity index (χ0n) is 8.27. The number of rotatable bonds is 3. The molecule has 0 amide bonds. The third-order valence-corrected chi connectivity index (χ3v) is 2.04. The number of benzene rings is 1. The van der Waals surface area contributed by atoms with E-state index in [0.29, 0.717) is 11.3 Å². The van der Waals surface area contributed by atoms with Gasteiger partial charge in [-0.25, -0.2) is 0 Å². The number of aromatic hydroxyl groups is 1. The molecular formula is C10H15NO3. The van der Waals surface area contributed by atoms with Gasteiger partial charge in [-0.1, -0.05) is 6.07 Å². The lowest BCUT2D eigenvalue weighted by atomic mass is 10.0. The molecule has 0 radical (unpaired) electrons. The predicted molar refractivity (Wildman–Crippen MR) is 53.3 cm³/mol. The summed E-state index contributed by atoms with van der Waals surface area (Å²) in [6, 6.07) is 4.35. The van der Waals surface area contributed by atoms with Gasteiger partial charge in [0.15, 0.2) is 11.5 Å². The van der Waals surface area contributed by atoms with Crippen LogP contribution in [0.5, 0.6) is 11.5 Å². The number of ether oxygens (including phenoxy) is 1. The minimum absolute atomic E-state index is 0.00435. The summed E-state index contributed by atoms with van der Waals surface area (Å²) in [5.74, 6) is 0.385. The molecule has 0 saturated heterocycles. The molecule has 0 aromatic heterocycles. The lowest BCUT2D eigenvalue weighted by Gasteiger charge is -2.15. The maximum absolute atomic E-state index is 9.61. The summed E-state index contributed by atoms with van der Waals surface area (Å²) in [5, 5.41) is 19.1. The Kier molecular flexibility index (Phi) is 3.33. The molecule has 0 fully saturated rings. The average molecular weight is 197 g/mol. The zero-order chi connectivity index (χ0) is 10.7. The predicted octanol–water partition coefficient (Wildman–Crippen LogP) is 0.781. The summed E-state index contributed by atoms with van der Waals surface area (Å²) in [7, 11) is 1.47. The van der Waals surface area contributed by atoms with Gasteiger partial charge in [0, 0.05) is 6.04 Å². The zero-order valence-corrected chi connectivity index (χ0v) is 8.27. The van der Waals surface area contributed by atoms with Crippen LogP contribution < -0.4 is 10.5 Å². The van der Waals surface area contributed by atoms with Gasteiger partial charge in [-0.05, 0) is 24.6 Å². The average Bonchev–Trinajstić information content (AvgIpc) is 2.16. The molecule has 78 valence electrons. The van der Waals surface area contributed by atoms with Crippen LogP contribution in [-0.2, 0) is 0 Å². The smallest absolute Gasteiger partial charge is 0.160 e. The molecule has 0 bridgehead atoms. The van der Waals surface area contributed by atoms with Crippen LogP contribution in [0.2, 0.25) is 0 Å². The Bertz CT molecular complexity index is 312. The van der Waals surface area contributed by atoms with Gasteiger partial charge in [0.05, 0.1) is 13.2 Å². The first kappa shape index (κ1) is 10.8. The molecule has 0 aliphatic heterocycles. The topological polar surface area (TPSA) is 75.7 Å². The van der Waals surface area contributed by atoms with Gasteiger partial charge in [-0.15, -0.1) is 0 Å². The summed E-state index contributed by atoms with van der Waals surface area (Å²) >= 11 is 0. The highest BCUT2D eigenvalue weighted by atomic mass is 16.5. The Hall–Kier alpha value is -1.26. The number of aliphatic hydroxyl groups excluding tert-OH is 1. The number of hydrogen-bond acceptors (Lipinski definition) is 4. The maximum atomic E-state index is 9.61. The number of phenolic OH excluding ortho intramolecular Hbond substituents is 1. The molecule has 1 aromatic rings. The lowest BCUT2D eigenvalue weighted by molar-refractivity contribution is 0.153. The Labute approximate surface area is 82.9 Å². The number of hydrogen-bond donors (Lipinski definition) is 3. The highest BCUT2D eigenvalue weighted by Gasteiger charge is 2.14. The molecule has 0 spiro atoms. The van der Waals surface area contributed by atoms with E-state index in [4.69, 9.17) is 10.5 Å². The molecule has 0 aliphatic rings. The van der Waals surface area contributed by atoms with E-state index in [2.05, 4.69) is 0 Å². The van der Waals surface area contributed by atoms with Crippen molar-refractivity contribution in [1.29, 1.82) is 0 Å². The first-order valence-corrected chi connectivity index (χ1v) is 4.36. The van der Waals surface area contributed by atoms with Crippen LogP contribution in [0.1, 0.15) is 18.6 Å². The van der Waals surface area contributed by atoms with Crippen LogP contribution in [0.15, 0.2) is 18.2 Å². The van der Waals surface area contributed by atoms with Crippen molar-refractivity contribution in [3.63, 3.8) is 0 Å². The van der Waals surface area contributed by atoms with Crippen molar-refractivity contribution >= 4 is 0 Å². The Morgan fingerprint density at radius 3 is 2.50 bits per heavy atom. The second-order valence-corrected chi connectivity index (χ2v) is 3.24. The van der Waals surface area contributed by atoms with Crippen LogP contribution in [-0.4, -0.2) is 23.4 Å². The molecule has 2 atom stereocenters. The van der Waals surface area contributed by atoms with Crippen molar-refractivity contribution in [2.24, 2.45) is 5.73 Å². The number of nitrogens with two attached hydrogens (primary N) is 1. The van der Waals surface area contributed by atoms with Crippen LogP contribution in [0.25, 0.3) is 0 Å². The van der Waals surface area contributed by atoms with Gasteiger partial charge < -0.3 is 20.7 Å². The molecule has 14 heavy (non-hydrogen) atoms. The molecule has 1 rings (SSSR count). The van der Waals surface area contributed by atoms with Crippen molar-refractivity contribution in [2.75, 3.05) is 7.11 Å². The maximum Gasteiger partial charge on any atom is 0.160 e. The van der Waals surface area contributed by atoms with Crippen molar-refractivity contribution < 1.29 is 14.9 Å². The van der Waals surface area contributed by atoms with Crippen LogP contribution in [0.4, 0.5) is 0 Å². The number of aliphatic hydroxyl groups is 1. The molecule has 0 unspecified atom stereocenters.